The molecule has 0 aromatic carbocycles. The van der Waals surface area contributed by atoms with E-state index in [4.69, 9.17) is 10.8 Å². The normalized spacial score (nSPS) is 11.6. The van der Waals surface area contributed by atoms with E-state index in [-0.39, 0.29) is 6.54 Å². The average molecular weight is 350 g/mol. The monoisotopic (exact) mass is 349 g/mol. The molecule has 0 aliphatic heterocycles. The van der Waals surface area contributed by atoms with Gasteiger partial charge in [-0.25, -0.2) is 9.59 Å². The quantitative estimate of drug-likeness (QED) is 0.601. The Morgan fingerprint density at radius 3 is 2.58 bits per heavy atom. The molecule has 0 bridgehead atoms. The van der Waals surface area contributed by atoms with Crippen LogP contribution < -0.4 is 16.4 Å². The van der Waals surface area contributed by atoms with Crippen LogP contribution in [0.1, 0.15) is 11.3 Å². The van der Waals surface area contributed by atoms with Crippen molar-refractivity contribution >= 4 is 45.2 Å². The zero-order valence-electron chi connectivity index (χ0n) is 9.68. The van der Waals surface area contributed by atoms with Crippen LogP contribution in [0.15, 0.2) is 15.9 Å². The molecule has 0 saturated heterocycles. The second-order valence-electron chi connectivity index (χ2n) is 3.59. The zero-order valence-corrected chi connectivity index (χ0v) is 12.1. The third-order valence-electron chi connectivity index (χ3n) is 2.06. The van der Waals surface area contributed by atoms with E-state index in [1.165, 1.54) is 11.3 Å². The molecule has 7 nitrogen and oxygen atoms in total. The number of amides is 3. The summed E-state index contributed by atoms with van der Waals surface area (Å²) >= 11 is 4.74. The SMILES string of the molecule is NC(=O)C[C@H](NC(=O)NCc1ccc(Br)s1)C(=O)O. The van der Waals surface area contributed by atoms with Crippen LogP contribution in [0, 0.1) is 0 Å². The minimum Gasteiger partial charge on any atom is -0.480 e. The highest BCUT2D eigenvalue weighted by atomic mass is 79.9. The number of carbonyl (C=O) groups excluding carboxylic acids is 2. The Morgan fingerprint density at radius 1 is 1.42 bits per heavy atom. The van der Waals surface area contributed by atoms with Crippen LogP contribution in [-0.2, 0) is 16.1 Å². The molecule has 19 heavy (non-hydrogen) atoms. The zero-order chi connectivity index (χ0) is 14.4. The van der Waals surface area contributed by atoms with Crippen molar-refractivity contribution < 1.29 is 19.5 Å². The topological polar surface area (TPSA) is 122 Å². The first-order valence-corrected chi connectivity index (χ1v) is 6.79. The highest BCUT2D eigenvalue weighted by Crippen LogP contribution is 2.21. The summed E-state index contributed by atoms with van der Waals surface area (Å²) in [5, 5.41) is 13.5. The van der Waals surface area contributed by atoms with Crippen LogP contribution in [0.3, 0.4) is 0 Å². The molecule has 1 atom stereocenters. The molecule has 0 radical (unpaired) electrons. The number of halogens is 1. The fourth-order valence-corrected chi connectivity index (χ4v) is 2.65. The first-order chi connectivity index (χ1) is 8.88. The van der Waals surface area contributed by atoms with Crippen LogP contribution in [0.5, 0.6) is 0 Å². The predicted octanol–water partition coefficient (Wildman–Crippen LogP) is 0.638. The molecule has 3 amide bonds. The maximum atomic E-state index is 11.5. The van der Waals surface area contributed by atoms with Crippen LogP contribution in [-0.4, -0.2) is 29.1 Å². The van der Waals surface area contributed by atoms with Crippen LogP contribution in [0.4, 0.5) is 4.79 Å². The summed E-state index contributed by atoms with van der Waals surface area (Å²) in [5.74, 6) is -2.11. The smallest absolute Gasteiger partial charge is 0.326 e. The number of carboxylic acid groups (broad SMARTS) is 1. The fourth-order valence-electron chi connectivity index (χ4n) is 1.22. The number of thiophene rings is 1. The minimum atomic E-state index is -1.33. The first-order valence-electron chi connectivity index (χ1n) is 5.18. The second-order valence-corrected chi connectivity index (χ2v) is 6.14. The molecular formula is C10H12BrN3O4S. The molecule has 0 fully saturated rings. The number of nitrogens with one attached hydrogen (secondary N) is 2. The minimum absolute atomic E-state index is 0.269. The third-order valence-corrected chi connectivity index (χ3v) is 3.68. The van der Waals surface area contributed by atoms with Gasteiger partial charge in [0, 0.05) is 4.88 Å². The molecule has 0 unspecified atom stereocenters. The van der Waals surface area contributed by atoms with Crippen molar-refractivity contribution in [2.75, 3.05) is 0 Å². The van der Waals surface area contributed by atoms with Gasteiger partial charge in [-0.1, -0.05) is 0 Å². The van der Waals surface area contributed by atoms with Crippen molar-refractivity contribution in [3.05, 3.63) is 20.8 Å². The first kappa shape index (κ1) is 15.4. The number of carboxylic acids is 1. The summed E-state index contributed by atoms with van der Waals surface area (Å²) in [6.07, 6.45) is -0.451. The van der Waals surface area contributed by atoms with E-state index in [1.54, 1.807) is 0 Å². The Kier molecular flexibility index (Phi) is 5.77. The van der Waals surface area contributed by atoms with Gasteiger partial charge < -0.3 is 21.5 Å². The standard InChI is InChI=1S/C10H12BrN3O4S/c11-7-2-1-5(19-7)4-13-10(18)14-6(9(16)17)3-8(12)15/h1-2,6H,3-4H2,(H2,12,15)(H,16,17)(H2,13,14,18)/t6-/m0/s1. The number of urea groups is 1. The molecule has 0 aliphatic carbocycles. The molecule has 104 valence electrons. The fraction of sp³-hybridized carbons (Fsp3) is 0.300. The summed E-state index contributed by atoms with van der Waals surface area (Å²) in [7, 11) is 0. The van der Waals surface area contributed by atoms with Gasteiger partial charge in [0.2, 0.25) is 5.91 Å². The molecule has 9 heteroatoms. The highest BCUT2D eigenvalue weighted by Gasteiger charge is 2.21. The van der Waals surface area contributed by atoms with Gasteiger partial charge in [0.1, 0.15) is 6.04 Å². The number of primary amides is 1. The van der Waals surface area contributed by atoms with E-state index < -0.39 is 30.4 Å². The van der Waals surface area contributed by atoms with Crippen molar-refractivity contribution in [3.63, 3.8) is 0 Å². The lowest BCUT2D eigenvalue weighted by Gasteiger charge is -2.13. The molecule has 0 aliphatic rings. The largest absolute Gasteiger partial charge is 0.480 e. The Balaban J connectivity index is 2.44. The Morgan fingerprint density at radius 2 is 2.11 bits per heavy atom. The van der Waals surface area contributed by atoms with Gasteiger partial charge in [0.25, 0.3) is 0 Å². The average Bonchev–Trinajstić information content (AvgIpc) is 2.71. The summed E-state index contributed by atoms with van der Waals surface area (Å²) in [6, 6.07) is 1.67. The predicted molar refractivity (Wildman–Crippen MR) is 72.6 cm³/mol. The molecule has 1 heterocycles. The third kappa shape index (κ3) is 5.71. The summed E-state index contributed by atoms with van der Waals surface area (Å²) in [5.41, 5.74) is 4.90. The Labute approximate surface area is 121 Å². The van der Waals surface area contributed by atoms with Gasteiger partial charge in [0.15, 0.2) is 0 Å². The maximum Gasteiger partial charge on any atom is 0.326 e. The van der Waals surface area contributed by atoms with E-state index in [0.29, 0.717) is 0 Å². The summed E-state index contributed by atoms with van der Waals surface area (Å²) in [4.78, 5) is 33.8. The second kappa shape index (κ2) is 7.10. The van der Waals surface area contributed by atoms with Crippen molar-refractivity contribution in [2.45, 2.75) is 19.0 Å². The number of aliphatic carboxylic acids is 1. The molecule has 1 aromatic rings. The summed E-state index contributed by atoms with van der Waals surface area (Å²) < 4.78 is 0.932. The van der Waals surface area contributed by atoms with Crippen molar-refractivity contribution in [1.29, 1.82) is 0 Å². The van der Waals surface area contributed by atoms with Gasteiger partial charge in [-0.05, 0) is 28.1 Å². The molecule has 1 aromatic heterocycles. The van der Waals surface area contributed by atoms with E-state index in [1.807, 2.05) is 12.1 Å². The lowest BCUT2D eigenvalue weighted by Crippen LogP contribution is -2.47. The summed E-state index contributed by atoms with van der Waals surface area (Å²) in [6.45, 7) is 0.269. The Hall–Kier alpha value is -1.61. The van der Waals surface area contributed by atoms with Gasteiger partial charge in [-0.15, -0.1) is 11.3 Å². The molecule has 5 N–H and O–H groups in total. The van der Waals surface area contributed by atoms with Gasteiger partial charge in [-0.2, -0.15) is 0 Å². The van der Waals surface area contributed by atoms with E-state index in [9.17, 15) is 14.4 Å². The van der Waals surface area contributed by atoms with Crippen LogP contribution >= 0.6 is 27.3 Å². The van der Waals surface area contributed by atoms with E-state index in [0.717, 1.165) is 8.66 Å². The van der Waals surface area contributed by atoms with Gasteiger partial charge in [-0.3, -0.25) is 4.79 Å². The Bertz CT molecular complexity index is 491. The number of rotatable bonds is 6. The van der Waals surface area contributed by atoms with Crippen LogP contribution in [0.25, 0.3) is 0 Å². The van der Waals surface area contributed by atoms with Crippen molar-refractivity contribution in [3.8, 4) is 0 Å². The number of nitrogens with two attached hydrogens (primary N) is 1. The molecule has 1 rings (SSSR count). The number of hydrogen-bond donors (Lipinski definition) is 4. The van der Waals surface area contributed by atoms with Crippen LogP contribution in [0.2, 0.25) is 0 Å². The molecular weight excluding hydrogens is 338 g/mol. The highest BCUT2D eigenvalue weighted by molar-refractivity contribution is 9.11. The van der Waals surface area contributed by atoms with Gasteiger partial charge >= 0.3 is 12.0 Å². The number of hydrogen-bond acceptors (Lipinski definition) is 4. The van der Waals surface area contributed by atoms with E-state index in [2.05, 4.69) is 26.6 Å². The van der Waals surface area contributed by atoms with E-state index >= 15 is 0 Å². The maximum absolute atomic E-state index is 11.5. The molecule has 0 spiro atoms. The molecule has 0 saturated carbocycles. The van der Waals surface area contributed by atoms with Crippen molar-refractivity contribution in [2.24, 2.45) is 5.73 Å². The van der Waals surface area contributed by atoms with Gasteiger partial charge in [0.05, 0.1) is 16.8 Å². The lowest BCUT2D eigenvalue weighted by atomic mass is 10.2. The van der Waals surface area contributed by atoms with Crippen molar-refractivity contribution in [1.82, 2.24) is 10.6 Å². The number of carbonyl (C=O) groups is 3. The lowest BCUT2D eigenvalue weighted by molar-refractivity contribution is -0.140.